The van der Waals surface area contributed by atoms with Gasteiger partial charge in [-0.2, -0.15) is 5.26 Å². The van der Waals surface area contributed by atoms with Gasteiger partial charge in [0.25, 0.3) is 0 Å². The van der Waals surface area contributed by atoms with Crippen LogP contribution in [-0.4, -0.2) is 76.6 Å². The Bertz CT molecular complexity index is 696. The zero-order valence-corrected chi connectivity index (χ0v) is 17.3. The van der Waals surface area contributed by atoms with Gasteiger partial charge >= 0.3 is 6.09 Å². The molecule has 4 fully saturated rings. The fraction of sp³-hybridized carbons (Fsp3) is 0.850. The number of hydrogen-bond donors (Lipinski definition) is 2. The van der Waals surface area contributed by atoms with Crippen molar-refractivity contribution in [2.24, 2.45) is 5.41 Å². The minimum Gasteiger partial charge on any atom is -0.667 e. The van der Waals surface area contributed by atoms with Crippen LogP contribution in [0.5, 0.6) is 0 Å². The SMILES string of the molecule is CC(F)(F)C[C@H]([NH-])C(=O)NC1(C#N)CC1.O=C(O)N1CC2(CCN(C3CC3)CC2)C1. The molecular weight excluding hydrogens is 396 g/mol. The van der Waals surface area contributed by atoms with E-state index in [4.69, 9.17) is 16.1 Å². The number of rotatable bonds is 5. The van der Waals surface area contributed by atoms with E-state index in [-0.39, 0.29) is 0 Å². The van der Waals surface area contributed by atoms with E-state index < -0.39 is 35.9 Å². The Kier molecular flexibility index (Phi) is 6.25. The van der Waals surface area contributed by atoms with Crippen molar-refractivity contribution < 1.29 is 23.5 Å². The molecule has 8 nitrogen and oxygen atoms in total. The van der Waals surface area contributed by atoms with Gasteiger partial charge in [0, 0.05) is 31.0 Å². The van der Waals surface area contributed by atoms with Crippen molar-refractivity contribution in [2.45, 2.75) is 75.4 Å². The molecular formula is C20H30F2N5O3-. The summed E-state index contributed by atoms with van der Waals surface area (Å²) in [6.45, 7) is 4.61. The van der Waals surface area contributed by atoms with Crippen LogP contribution in [0, 0.1) is 16.7 Å². The van der Waals surface area contributed by atoms with Crippen LogP contribution in [0.1, 0.15) is 51.9 Å². The van der Waals surface area contributed by atoms with Crippen LogP contribution in [0.3, 0.4) is 0 Å². The van der Waals surface area contributed by atoms with Crippen LogP contribution >= 0.6 is 0 Å². The summed E-state index contributed by atoms with van der Waals surface area (Å²) in [5.74, 6) is -3.83. The van der Waals surface area contributed by atoms with E-state index >= 15 is 0 Å². The standard InChI is InChI=1S/C11H18N2O2.C9H12F2N3O/c14-10(15)13-7-11(8-13)3-5-12(6-4-11)9-1-2-9;1-8(10,11)4-6(13)7(15)14-9(5-12)2-3-9/h9H,1-8H2,(H,14,15);6,13H,2-4H2,1H3,(H,14,15)/q;-1/t;6-/m.0/s1. The number of nitrogens with one attached hydrogen (secondary N) is 2. The number of likely N-dealkylation sites (tertiary alicyclic amines) is 2. The number of alkyl halides is 2. The van der Waals surface area contributed by atoms with Crippen LogP contribution in [0.2, 0.25) is 0 Å². The summed E-state index contributed by atoms with van der Waals surface area (Å²) in [7, 11) is 0. The lowest BCUT2D eigenvalue weighted by Gasteiger charge is -2.53. The van der Waals surface area contributed by atoms with E-state index in [2.05, 4.69) is 10.2 Å². The van der Waals surface area contributed by atoms with Crippen molar-refractivity contribution in [1.29, 1.82) is 5.26 Å². The fourth-order valence-corrected chi connectivity index (χ4v) is 4.18. The molecule has 2 heterocycles. The third-order valence-electron chi connectivity index (χ3n) is 6.45. The number of piperidine rings is 1. The largest absolute Gasteiger partial charge is 0.667 e. The second kappa shape index (κ2) is 8.27. The molecule has 0 unspecified atom stereocenters. The van der Waals surface area contributed by atoms with Gasteiger partial charge in [0.05, 0.1) is 6.07 Å². The van der Waals surface area contributed by atoms with Crippen LogP contribution in [0.15, 0.2) is 0 Å². The molecule has 0 radical (unpaired) electrons. The molecule has 168 valence electrons. The quantitative estimate of drug-likeness (QED) is 0.700. The van der Waals surface area contributed by atoms with Crippen LogP contribution in [-0.2, 0) is 4.79 Å². The van der Waals surface area contributed by atoms with Gasteiger partial charge in [-0.15, -0.1) is 0 Å². The molecule has 0 aromatic heterocycles. The highest BCUT2D eigenvalue weighted by Gasteiger charge is 2.48. The molecule has 2 saturated heterocycles. The van der Waals surface area contributed by atoms with Gasteiger partial charge < -0.3 is 26.0 Å². The second-order valence-corrected chi connectivity index (χ2v) is 9.42. The summed E-state index contributed by atoms with van der Waals surface area (Å²) in [5.41, 5.74) is 6.68. The summed E-state index contributed by atoms with van der Waals surface area (Å²) >= 11 is 0. The average Bonchev–Trinajstić information content (AvgIpc) is 3.54. The van der Waals surface area contributed by atoms with Gasteiger partial charge in [0.1, 0.15) is 5.54 Å². The Morgan fingerprint density at radius 2 is 1.83 bits per heavy atom. The first kappa shape index (κ1) is 22.7. The highest BCUT2D eigenvalue weighted by molar-refractivity contribution is 5.84. The minimum absolute atomic E-state index is 0.351. The number of amides is 2. The first-order chi connectivity index (χ1) is 14.0. The molecule has 4 rings (SSSR count). The van der Waals surface area contributed by atoms with Crippen molar-refractivity contribution in [3.8, 4) is 6.07 Å². The number of hydrogen-bond acceptors (Lipinski definition) is 4. The summed E-state index contributed by atoms with van der Waals surface area (Å²) in [6, 6.07) is 1.25. The zero-order valence-electron chi connectivity index (χ0n) is 17.3. The fourth-order valence-electron chi connectivity index (χ4n) is 4.18. The Hall–Kier alpha value is -1.99. The normalized spacial score (nSPS) is 25.2. The number of carbonyl (C=O) groups excluding carboxylic acids is 1. The molecule has 2 amide bonds. The maximum absolute atomic E-state index is 12.5. The summed E-state index contributed by atoms with van der Waals surface area (Å²) in [5, 5.41) is 19.8. The van der Waals surface area contributed by atoms with Gasteiger partial charge in [-0.05, 0) is 58.5 Å². The molecule has 4 aliphatic rings. The third-order valence-corrected chi connectivity index (χ3v) is 6.45. The van der Waals surface area contributed by atoms with Crippen LogP contribution in [0.4, 0.5) is 13.6 Å². The highest BCUT2D eigenvalue weighted by Crippen LogP contribution is 2.42. The van der Waals surface area contributed by atoms with E-state index in [1.807, 2.05) is 6.07 Å². The van der Waals surface area contributed by atoms with Gasteiger partial charge in [0.2, 0.25) is 11.8 Å². The monoisotopic (exact) mass is 426 g/mol. The molecule has 0 bridgehead atoms. The topological polar surface area (TPSA) is 120 Å². The molecule has 10 heteroatoms. The Labute approximate surface area is 175 Å². The van der Waals surface area contributed by atoms with E-state index in [9.17, 15) is 18.4 Å². The minimum atomic E-state index is -3.03. The zero-order chi connectivity index (χ0) is 22.2. The Morgan fingerprint density at radius 3 is 2.23 bits per heavy atom. The Morgan fingerprint density at radius 1 is 1.27 bits per heavy atom. The molecule has 2 saturated carbocycles. The lowest BCUT2D eigenvalue weighted by Crippen LogP contribution is -2.61. The predicted molar refractivity (Wildman–Crippen MR) is 105 cm³/mol. The number of halogens is 2. The molecule has 0 aromatic carbocycles. The average molecular weight is 426 g/mol. The smallest absolute Gasteiger partial charge is 0.407 e. The van der Waals surface area contributed by atoms with E-state index in [1.54, 1.807) is 4.90 Å². The van der Waals surface area contributed by atoms with Gasteiger partial charge in [-0.25, -0.2) is 13.6 Å². The van der Waals surface area contributed by atoms with E-state index in [1.165, 1.54) is 38.8 Å². The summed E-state index contributed by atoms with van der Waals surface area (Å²) in [6.07, 6.45) is 4.67. The highest BCUT2D eigenvalue weighted by atomic mass is 19.3. The van der Waals surface area contributed by atoms with Crippen molar-refractivity contribution in [2.75, 3.05) is 26.2 Å². The molecule has 0 aromatic rings. The molecule has 1 atom stereocenters. The molecule has 1 spiro atoms. The van der Waals surface area contributed by atoms with Gasteiger partial charge in [-0.3, -0.25) is 4.79 Å². The Balaban J connectivity index is 0.000000171. The van der Waals surface area contributed by atoms with Gasteiger partial charge in [-0.1, -0.05) is 6.04 Å². The third kappa shape index (κ3) is 5.79. The molecule has 3 N–H and O–H groups in total. The van der Waals surface area contributed by atoms with E-state index in [0.29, 0.717) is 25.2 Å². The van der Waals surface area contributed by atoms with Crippen molar-refractivity contribution in [1.82, 2.24) is 15.1 Å². The molecule has 30 heavy (non-hydrogen) atoms. The van der Waals surface area contributed by atoms with E-state index in [0.717, 1.165) is 19.1 Å². The summed E-state index contributed by atoms with van der Waals surface area (Å²) in [4.78, 5) is 26.1. The maximum atomic E-state index is 12.5. The first-order valence-corrected chi connectivity index (χ1v) is 10.5. The van der Waals surface area contributed by atoms with Crippen LogP contribution in [0.25, 0.3) is 5.73 Å². The van der Waals surface area contributed by atoms with Gasteiger partial charge in [0.15, 0.2) is 0 Å². The predicted octanol–water partition coefficient (Wildman–Crippen LogP) is 2.85. The molecule has 2 aliphatic carbocycles. The lowest BCUT2D eigenvalue weighted by molar-refractivity contribution is -0.124. The lowest BCUT2D eigenvalue weighted by atomic mass is 9.72. The van der Waals surface area contributed by atoms with Crippen molar-refractivity contribution >= 4 is 12.0 Å². The number of nitriles is 1. The first-order valence-electron chi connectivity index (χ1n) is 10.5. The number of nitrogens with zero attached hydrogens (tertiary/aromatic N) is 3. The summed E-state index contributed by atoms with van der Waals surface area (Å²) < 4.78 is 25.0. The molecule has 2 aliphatic heterocycles. The number of carbonyl (C=O) groups is 2. The number of carboxylic acid groups (broad SMARTS) is 1. The van der Waals surface area contributed by atoms with Crippen LogP contribution < -0.4 is 5.32 Å². The van der Waals surface area contributed by atoms with Crippen molar-refractivity contribution in [3.05, 3.63) is 5.73 Å². The maximum Gasteiger partial charge on any atom is 0.407 e. The van der Waals surface area contributed by atoms with Crippen molar-refractivity contribution in [3.63, 3.8) is 0 Å². The second-order valence-electron chi connectivity index (χ2n) is 9.42.